The molecule has 0 unspecified atom stereocenters. The third-order valence-corrected chi connectivity index (χ3v) is 5.65. The monoisotopic (exact) mass is 376 g/mol. The van der Waals surface area contributed by atoms with Crippen LogP contribution < -0.4 is 4.74 Å². The number of benzene rings is 2. The van der Waals surface area contributed by atoms with E-state index >= 15 is 0 Å². The second-order valence-electron chi connectivity index (χ2n) is 7.33. The zero-order valence-corrected chi connectivity index (χ0v) is 16.2. The highest BCUT2D eigenvalue weighted by Crippen LogP contribution is 2.26. The van der Waals surface area contributed by atoms with Gasteiger partial charge in [-0.05, 0) is 43.2 Å². The van der Waals surface area contributed by atoms with Crippen molar-refractivity contribution in [2.24, 2.45) is 13.0 Å². The SMILES string of the molecule is COc1ccc(C(=O)C2CCN(C(=O)c3cn(C)c4ccccc34)CC2)cc1. The molecule has 0 bridgehead atoms. The fourth-order valence-corrected chi connectivity index (χ4v) is 4.02. The van der Waals surface area contributed by atoms with Gasteiger partial charge in [-0.25, -0.2) is 0 Å². The molecular formula is C23H24N2O3. The Hall–Kier alpha value is -3.08. The van der Waals surface area contributed by atoms with Gasteiger partial charge in [-0.1, -0.05) is 18.2 Å². The summed E-state index contributed by atoms with van der Waals surface area (Å²) in [7, 11) is 3.57. The highest BCUT2D eigenvalue weighted by molar-refractivity contribution is 6.07. The van der Waals surface area contributed by atoms with Crippen LogP contribution in [0.15, 0.2) is 54.7 Å². The van der Waals surface area contributed by atoms with Gasteiger partial charge in [0, 0.05) is 48.7 Å². The lowest BCUT2D eigenvalue weighted by atomic mass is 9.88. The van der Waals surface area contributed by atoms with Crippen molar-refractivity contribution >= 4 is 22.6 Å². The topological polar surface area (TPSA) is 51.5 Å². The van der Waals surface area contributed by atoms with Crippen molar-refractivity contribution in [3.8, 4) is 5.75 Å². The summed E-state index contributed by atoms with van der Waals surface area (Å²) in [5, 5.41) is 0.978. The van der Waals surface area contributed by atoms with E-state index in [1.54, 1.807) is 7.11 Å². The lowest BCUT2D eigenvalue weighted by Gasteiger charge is -2.31. The normalized spacial score (nSPS) is 15.0. The van der Waals surface area contributed by atoms with Crippen molar-refractivity contribution in [3.05, 3.63) is 65.9 Å². The quantitative estimate of drug-likeness (QED) is 0.649. The Labute approximate surface area is 164 Å². The van der Waals surface area contributed by atoms with E-state index in [0.29, 0.717) is 31.5 Å². The molecule has 1 fully saturated rings. The highest BCUT2D eigenvalue weighted by atomic mass is 16.5. The molecule has 28 heavy (non-hydrogen) atoms. The first kappa shape index (κ1) is 18.3. The Morgan fingerprint density at radius 2 is 1.68 bits per heavy atom. The molecule has 4 rings (SSSR count). The van der Waals surface area contributed by atoms with Crippen LogP contribution in [0.2, 0.25) is 0 Å². The number of hydrogen-bond acceptors (Lipinski definition) is 3. The zero-order chi connectivity index (χ0) is 19.7. The van der Waals surface area contributed by atoms with Gasteiger partial charge >= 0.3 is 0 Å². The number of Topliss-reactive ketones (excluding diaryl/α,β-unsaturated/α-hetero) is 1. The van der Waals surface area contributed by atoms with Crippen LogP contribution in [0, 0.1) is 5.92 Å². The van der Waals surface area contributed by atoms with Crippen LogP contribution in [0.5, 0.6) is 5.75 Å². The Bertz CT molecular complexity index is 1010. The van der Waals surface area contributed by atoms with Gasteiger partial charge in [0.2, 0.25) is 0 Å². The summed E-state index contributed by atoms with van der Waals surface area (Å²) in [5.41, 5.74) is 2.49. The molecule has 1 saturated heterocycles. The first-order valence-corrected chi connectivity index (χ1v) is 9.60. The van der Waals surface area contributed by atoms with Gasteiger partial charge in [-0.2, -0.15) is 0 Å². The molecule has 5 nitrogen and oxygen atoms in total. The number of methoxy groups -OCH3 is 1. The summed E-state index contributed by atoms with van der Waals surface area (Å²) >= 11 is 0. The zero-order valence-electron chi connectivity index (χ0n) is 16.2. The van der Waals surface area contributed by atoms with Crippen LogP contribution in [0.3, 0.4) is 0 Å². The number of aryl methyl sites for hydroxylation is 1. The van der Waals surface area contributed by atoms with Crippen molar-refractivity contribution in [1.82, 2.24) is 9.47 Å². The van der Waals surface area contributed by atoms with Crippen molar-refractivity contribution in [3.63, 3.8) is 0 Å². The summed E-state index contributed by atoms with van der Waals surface area (Å²) in [6.07, 6.45) is 3.30. The number of nitrogens with zero attached hydrogens (tertiary/aromatic N) is 2. The van der Waals surface area contributed by atoms with Crippen molar-refractivity contribution in [1.29, 1.82) is 0 Å². The van der Waals surface area contributed by atoms with Gasteiger partial charge < -0.3 is 14.2 Å². The van der Waals surface area contributed by atoms with E-state index in [4.69, 9.17) is 4.74 Å². The molecule has 0 saturated carbocycles. The van der Waals surface area contributed by atoms with E-state index in [9.17, 15) is 9.59 Å². The van der Waals surface area contributed by atoms with E-state index in [2.05, 4.69) is 0 Å². The number of piperidine rings is 1. The number of carbonyl (C=O) groups is 2. The number of para-hydroxylation sites is 1. The predicted octanol–water partition coefficient (Wildman–Crippen LogP) is 3.92. The first-order chi connectivity index (χ1) is 13.6. The minimum atomic E-state index is -0.0371. The number of fused-ring (bicyclic) bond motifs is 1. The van der Waals surface area contributed by atoms with Gasteiger partial charge in [0.15, 0.2) is 5.78 Å². The standard InChI is InChI=1S/C23H24N2O3/c1-24-15-20(19-5-3-4-6-21(19)24)23(27)25-13-11-17(12-14-25)22(26)16-7-9-18(28-2)10-8-16/h3-10,15,17H,11-14H2,1-2H3. The lowest BCUT2D eigenvalue weighted by Crippen LogP contribution is -2.40. The molecule has 144 valence electrons. The fourth-order valence-electron chi connectivity index (χ4n) is 4.02. The molecule has 3 aromatic rings. The summed E-state index contributed by atoms with van der Waals surface area (Å²) in [6.45, 7) is 1.21. The van der Waals surface area contributed by atoms with Crippen molar-refractivity contribution < 1.29 is 14.3 Å². The number of hydrogen-bond donors (Lipinski definition) is 0. The molecule has 0 N–H and O–H groups in total. The van der Waals surface area contributed by atoms with Gasteiger partial charge in [-0.15, -0.1) is 0 Å². The third-order valence-electron chi connectivity index (χ3n) is 5.65. The summed E-state index contributed by atoms with van der Waals surface area (Å²) in [6, 6.07) is 15.2. The van der Waals surface area contributed by atoms with Gasteiger partial charge in [0.25, 0.3) is 5.91 Å². The number of amides is 1. The van der Waals surface area contributed by atoms with Crippen molar-refractivity contribution in [2.45, 2.75) is 12.8 Å². The number of carbonyl (C=O) groups excluding carboxylic acids is 2. The van der Waals surface area contributed by atoms with Gasteiger partial charge in [0.05, 0.1) is 12.7 Å². The predicted molar refractivity (Wildman–Crippen MR) is 109 cm³/mol. The smallest absolute Gasteiger partial charge is 0.256 e. The molecule has 1 aliphatic heterocycles. The van der Waals surface area contributed by atoms with Gasteiger partial charge in [-0.3, -0.25) is 9.59 Å². The van der Waals surface area contributed by atoms with E-state index in [0.717, 1.165) is 22.2 Å². The summed E-state index contributed by atoms with van der Waals surface area (Å²) in [4.78, 5) is 27.7. The van der Waals surface area contributed by atoms with E-state index in [1.807, 2.05) is 71.2 Å². The van der Waals surface area contributed by atoms with Crippen LogP contribution >= 0.6 is 0 Å². The minimum Gasteiger partial charge on any atom is -0.497 e. The third kappa shape index (κ3) is 3.28. The summed E-state index contributed by atoms with van der Waals surface area (Å²) in [5.74, 6) is 0.907. The highest BCUT2D eigenvalue weighted by Gasteiger charge is 2.29. The largest absolute Gasteiger partial charge is 0.497 e. The van der Waals surface area contributed by atoms with Gasteiger partial charge in [0.1, 0.15) is 5.75 Å². The molecule has 1 aromatic heterocycles. The first-order valence-electron chi connectivity index (χ1n) is 9.60. The Balaban J connectivity index is 1.44. The maximum Gasteiger partial charge on any atom is 0.256 e. The Morgan fingerprint density at radius 3 is 2.36 bits per heavy atom. The van der Waals surface area contributed by atoms with Crippen LogP contribution in [-0.2, 0) is 7.05 Å². The minimum absolute atomic E-state index is 0.0371. The second-order valence-corrected chi connectivity index (χ2v) is 7.33. The van der Waals surface area contributed by atoms with E-state index in [1.165, 1.54) is 0 Å². The average Bonchev–Trinajstić information content (AvgIpc) is 3.10. The van der Waals surface area contributed by atoms with E-state index in [-0.39, 0.29) is 17.6 Å². The van der Waals surface area contributed by atoms with Crippen LogP contribution in [0.4, 0.5) is 0 Å². The molecular weight excluding hydrogens is 352 g/mol. The van der Waals surface area contributed by atoms with Crippen LogP contribution in [0.25, 0.3) is 10.9 Å². The molecule has 2 heterocycles. The Morgan fingerprint density at radius 1 is 1.00 bits per heavy atom. The molecule has 2 aromatic carbocycles. The van der Waals surface area contributed by atoms with Crippen LogP contribution in [-0.4, -0.2) is 41.4 Å². The molecule has 0 aliphatic carbocycles. The molecule has 0 radical (unpaired) electrons. The van der Waals surface area contributed by atoms with E-state index < -0.39 is 0 Å². The fraction of sp³-hybridized carbons (Fsp3) is 0.304. The Kier molecular flexibility index (Phi) is 4.90. The molecule has 0 atom stereocenters. The second kappa shape index (κ2) is 7.50. The maximum absolute atomic E-state index is 13.1. The molecule has 1 aliphatic rings. The number of aromatic nitrogens is 1. The number of likely N-dealkylation sites (tertiary alicyclic amines) is 1. The van der Waals surface area contributed by atoms with Crippen molar-refractivity contribution in [2.75, 3.05) is 20.2 Å². The average molecular weight is 376 g/mol. The van der Waals surface area contributed by atoms with Crippen LogP contribution in [0.1, 0.15) is 33.6 Å². The molecule has 5 heteroatoms. The molecule has 0 spiro atoms. The number of rotatable bonds is 4. The number of ketones is 1. The maximum atomic E-state index is 13.1. The molecule has 1 amide bonds. The number of ether oxygens (including phenoxy) is 1. The summed E-state index contributed by atoms with van der Waals surface area (Å²) < 4.78 is 7.14. The lowest BCUT2D eigenvalue weighted by molar-refractivity contribution is 0.0651.